The molecule has 1 aromatic rings. The molecule has 1 unspecified atom stereocenters. The molecule has 0 aromatic heterocycles. The number of nitrogens with one attached hydrogen (secondary N) is 1. The molecule has 0 bridgehead atoms. The van der Waals surface area contributed by atoms with E-state index in [2.05, 4.69) is 5.32 Å². The van der Waals surface area contributed by atoms with E-state index in [0.29, 0.717) is 18.1 Å². The number of hydrogen-bond donors (Lipinski definition) is 3. The molecule has 3 N–H and O–H groups in total. The van der Waals surface area contributed by atoms with E-state index < -0.39 is 6.10 Å². The maximum Gasteiger partial charge on any atom is 0.0914 e. The molecule has 0 saturated carbocycles. The predicted octanol–water partition coefficient (Wildman–Crippen LogP) is 1.26. The highest BCUT2D eigenvalue weighted by atomic mass is 35.5. The van der Waals surface area contributed by atoms with Crippen molar-refractivity contribution in [2.24, 2.45) is 0 Å². The van der Waals surface area contributed by atoms with Gasteiger partial charge in [-0.1, -0.05) is 23.7 Å². The minimum atomic E-state index is -0.562. The monoisotopic (exact) mass is 229 g/mol. The van der Waals surface area contributed by atoms with Crippen molar-refractivity contribution in [3.05, 3.63) is 34.3 Å². The second kappa shape index (κ2) is 6.08. The van der Waals surface area contributed by atoms with Crippen molar-refractivity contribution in [2.45, 2.75) is 13.0 Å². The van der Waals surface area contributed by atoms with Crippen LogP contribution in [0.1, 0.15) is 17.2 Å². The summed E-state index contributed by atoms with van der Waals surface area (Å²) in [5.74, 6) is 0. The fraction of sp³-hybridized carbons (Fsp3) is 0.455. The number of rotatable bonds is 5. The van der Waals surface area contributed by atoms with E-state index in [9.17, 15) is 5.11 Å². The molecule has 0 heterocycles. The van der Waals surface area contributed by atoms with Crippen LogP contribution in [0.4, 0.5) is 0 Å². The van der Waals surface area contributed by atoms with E-state index in [1.54, 1.807) is 12.1 Å². The van der Waals surface area contributed by atoms with Gasteiger partial charge in [-0.25, -0.2) is 0 Å². The Morgan fingerprint density at radius 1 is 1.47 bits per heavy atom. The molecule has 0 radical (unpaired) electrons. The molecule has 0 aliphatic heterocycles. The Morgan fingerprint density at radius 2 is 2.20 bits per heavy atom. The summed E-state index contributed by atoms with van der Waals surface area (Å²) in [5.41, 5.74) is 1.79. The van der Waals surface area contributed by atoms with E-state index in [1.165, 1.54) is 0 Å². The minimum absolute atomic E-state index is 0.0758. The predicted molar refractivity (Wildman–Crippen MR) is 61.1 cm³/mol. The van der Waals surface area contributed by atoms with Crippen molar-refractivity contribution >= 4 is 11.6 Å². The number of aliphatic hydroxyl groups is 2. The summed E-state index contributed by atoms with van der Waals surface area (Å²) in [4.78, 5) is 0. The molecule has 0 aliphatic carbocycles. The fourth-order valence-electron chi connectivity index (χ4n) is 1.31. The number of hydrogen-bond acceptors (Lipinski definition) is 3. The van der Waals surface area contributed by atoms with Crippen LogP contribution in [0, 0.1) is 6.92 Å². The van der Waals surface area contributed by atoms with Gasteiger partial charge in [-0.3, -0.25) is 0 Å². The molecule has 0 fully saturated rings. The van der Waals surface area contributed by atoms with Crippen molar-refractivity contribution in [2.75, 3.05) is 19.7 Å². The standard InChI is InChI=1S/C11H16ClNO2/c1-8-6-9(2-3-10(8)12)11(15)7-13-4-5-14/h2-3,6,11,13-15H,4-5,7H2,1H3. The van der Waals surface area contributed by atoms with Gasteiger partial charge < -0.3 is 15.5 Å². The fourth-order valence-corrected chi connectivity index (χ4v) is 1.43. The lowest BCUT2D eigenvalue weighted by molar-refractivity contribution is 0.171. The number of benzene rings is 1. The topological polar surface area (TPSA) is 52.5 Å². The van der Waals surface area contributed by atoms with Gasteiger partial charge in [-0.15, -0.1) is 0 Å². The lowest BCUT2D eigenvalue weighted by Gasteiger charge is -2.12. The third-order valence-electron chi connectivity index (χ3n) is 2.19. The van der Waals surface area contributed by atoms with Crippen LogP contribution in [0.25, 0.3) is 0 Å². The van der Waals surface area contributed by atoms with Crippen LogP contribution < -0.4 is 5.32 Å². The Balaban J connectivity index is 2.57. The first-order valence-electron chi connectivity index (χ1n) is 4.91. The van der Waals surface area contributed by atoms with Gasteiger partial charge >= 0.3 is 0 Å². The van der Waals surface area contributed by atoms with Crippen molar-refractivity contribution < 1.29 is 10.2 Å². The molecule has 1 atom stereocenters. The van der Waals surface area contributed by atoms with Crippen LogP contribution in [0.15, 0.2) is 18.2 Å². The Labute approximate surface area is 94.7 Å². The Hall–Kier alpha value is -0.610. The molecule has 0 saturated heterocycles. The molecule has 0 amide bonds. The van der Waals surface area contributed by atoms with E-state index in [0.717, 1.165) is 11.1 Å². The highest BCUT2D eigenvalue weighted by Gasteiger charge is 2.07. The molecule has 1 rings (SSSR count). The molecule has 0 aliphatic rings. The zero-order valence-corrected chi connectivity index (χ0v) is 9.46. The molecule has 3 nitrogen and oxygen atoms in total. The smallest absolute Gasteiger partial charge is 0.0914 e. The summed E-state index contributed by atoms with van der Waals surface area (Å²) in [5, 5.41) is 22.0. The quantitative estimate of drug-likeness (QED) is 0.667. The van der Waals surface area contributed by atoms with Crippen LogP contribution in [0.2, 0.25) is 5.02 Å². The second-order valence-corrected chi connectivity index (χ2v) is 3.86. The van der Waals surface area contributed by atoms with E-state index in [-0.39, 0.29) is 6.61 Å². The van der Waals surface area contributed by atoms with Crippen LogP contribution in [-0.4, -0.2) is 29.9 Å². The Kier molecular flexibility index (Phi) is 5.05. The van der Waals surface area contributed by atoms with Gasteiger partial charge in [-0.2, -0.15) is 0 Å². The van der Waals surface area contributed by atoms with Gasteiger partial charge in [-0.05, 0) is 24.1 Å². The van der Waals surface area contributed by atoms with Crippen molar-refractivity contribution in [3.63, 3.8) is 0 Å². The zero-order chi connectivity index (χ0) is 11.3. The molecule has 4 heteroatoms. The van der Waals surface area contributed by atoms with Gasteiger partial charge in [0, 0.05) is 18.1 Å². The maximum absolute atomic E-state index is 9.78. The second-order valence-electron chi connectivity index (χ2n) is 3.45. The lowest BCUT2D eigenvalue weighted by atomic mass is 10.1. The lowest BCUT2D eigenvalue weighted by Crippen LogP contribution is -2.24. The first-order chi connectivity index (χ1) is 7.15. The summed E-state index contributed by atoms with van der Waals surface area (Å²) in [6, 6.07) is 5.45. The Morgan fingerprint density at radius 3 is 2.80 bits per heavy atom. The largest absolute Gasteiger partial charge is 0.395 e. The van der Waals surface area contributed by atoms with Gasteiger partial charge in [0.2, 0.25) is 0 Å². The Bertz CT molecular complexity index is 317. The van der Waals surface area contributed by atoms with E-state index in [4.69, 9.17) is 16.7 Å². The van der Waals surface area contributed by atoms with E-state index in [1.807, 2.05) is 13.0 Å². The maximum atomic E-state index is 9.78. The van der Waals surface area contributed by atoms with Crippen molar-refractivity contribution in [3.8, 4) is 0 Å². The van der Waals surface area contributed by atoms with Gasteiger partial charge in [0.1, 0.15) is 0 Å². The van der Waals surface area contributed by atoms with Crippen LogP contribution in [0.5, 0.6) is 0 Å². The molecule has 1 aromatic carbocycles. The highest BCUT2D eigenvalue weighted by molar-refractivity contribution is 6.31. The average Bonchev–Trinajstić information content (AvgIpc) is 2.22. The highest BCUT2D eigenvalue weighted by Crippen LogP contribution is 2.20. The van der Waals surface area contributed by atoms with Crippen LogP contribution in [-0.2, 0) is 0 Å². The number of aliphatic hydroxyl groups excluding tert-OH is 2. The van der Waals surface area contributed by atoms with Gasteiger partial charge in [0.15, 0.2) is 0 Å². The average molecular weight is 230 g/mol. The van der Waals surface area contributed by atoms with Crippen molar-refractivity contribution in [1.82, 2.24) is 5.32 Å². The molecule has 0 spiro atoms. The molecule has 84 valence electrons. The first-order valence-corrected chi connectivity index (χ1v) is 5.28. The summed E-state index contributed by atoms with van der Waals surface area (Å²) in [6.07, 6.45) is -0.562. The molecule has 15 heavy (non-hydrogen) atoms. The zero-order valence-electron chi connectivity index (χ0n) is 8.70. The summed E-state index contributed by atoms with van der Waals surface area (Å²) < 4.78 is 0. The number of aryl methyl sites for hydroxylation is 1. The third kappa shape index (κ3) is 3.80. The molecular weight excluding hydrogens is 214 g/mol. The van der Waals surface area contributed by atoms with E-state index >= 15 is 0 Å². The normalized spacial score (nSPS) is 12.8. The van der Waals surface area contributed by atoms with Crippen molar-refractivity contribution in [1.29, 1.82) is 0 Å². The SMILES string of the molecule is Cc1cc(C(O)CNCCO)ccc1Cl. The summed E-state index contributed by atoms with van der Waals surface area (Å²) in [7, 11) is 0. The van der Waals surface area contributed by atoms with Gasteiger partial charge in [0.25, 0.3) is 0 Å². The minimum Gasteiger partial charge on any atom is -0.395 e. The summed E-state index contributed by atoms with van der Waals surface area (Å²) >= 11 is 5.88. The molecular formula is C11H16ClNO2. The number of halogens is 1. The van der Waals surface area contributed by atoms with Crippen LogP contribution >= 0.6 is 11.6 Å². The summed E-state index contributed by atoms with van der Waals surface area (Å²) in [6.45, 7) is 2.90. The van der Waals surface area contributed by atoms with Crippen LogP contribution in [0.3, 0.4) is 0 Å². The van der Waals surface area contributed by atoms with Gasteiger partial charge in [0.05, 0.1) is 12.7 Å². The first kappa shape index (κ1) is 12.5. The third-order valence-corrected chi connectivity index (χ3v) is 2.62.